The van der Waals surface area contributed by atoms with Crippen molar-refractivity contribution in [3.05, 3.63) is 28.2 Å². The second-order valence-electron chi connectivity index (χ2n) is 7.68. The van der Waals surface area contributed by atoms with Crippen LogP contribution < -0.4 is 15.6 Å². The molecule has 2 rings (SSSR count). The number of aliphatic hydroxyl groups is 1. The van der Waals surface area contributed by atoms with E-state index < -0.39 is 21.0 Å². The minimum absolute atomic E-state index is 0.0315. The van der Waals surface area contributed by atoms with E-state index >= 15 is 0 Å². The predicted molar refractivity (Wildman–Crippen MR) is 107 cm³/mol. The lowest BCUT2D eigenvalue weighted by Crippen LogP contribution is -2.48. The fraction of sp³-hybridized carbons (Fsp3) is 0.647. The minimum Gasteiger partial charge on any atom is -0.377 e. The summed E-state index contributed by atoms with van der Waals surface area (Å²) in [5, 5.41) is 11.3. The topological polar surface area (TPSA) is 90.5 Å². The van der Waals surface area contributed by atoms with E-state index in [1.807, 2.05) is 0 Å². The van der Waals surface area contributed by atoms with Gasteiger partial charge >= 0.3 is 0 Å². The molecule has 1 aromatic rings. The summed E-state index contributed by atoms with van der Waals surface area (Å²) in [6.45, 7) is 5.05. The predicted octanol–water partition coefficient (Wildman–Crippen LogP) is 3.51. The zero-order valence-electron chi connectivity index (χ0n) is 15.2. The molecule has 148 valence electrons. The molecule has 1 atom stereocenters. The Kier molecular flexibility index (Phi) is 7.21. The number of benzene rings is 1. The van der Waals surface area contributed by atoms with Crippen molar-refractivity contribution >= 4 is 38.9 Å². The Morgan fingerprint density at radius 2 is 1.77 bits per heavy atom. The third kappa shape index (κ3) is 5.71. The van der Waals surface area contributed by atoms with Crippen molar-refractivity contribution in [2.24, 2.45) is 5.92 Å². The molecule has 1 aliphatic carbocycles. The lowest BCUT2D eigenvalue weighted by Gasteiger charge is -2.33. The van der Waals surface area contributed by atoms with Gasteiger partial charge < -0.3 is 10.5 Å². The number of rotatable bonds is 6. The Bertz CT molecular complexity index is 714. The van der Waals surface area contributed by atoms with Crippen molar-refractivity contribution in [3.8, 4) is 0 Å². The van der Waals surface area contributed by atoms with E-state index in [9.17, 15) is 13.5 Å². The number of nitrogens with one attached hydrogen (secondary N) is 3. The molecule has 0 heterocycles. The van der Waals surface area contributed by atoms with Crippen molar-refractivity contribution in [2.45, 2.75) is 63.5 Å². The summed E-state index contributed by atoms with van der Waals surface area (Å²) in [6, 6.07) is 4.96. The highest BCUT2D eigenvalue weighted by molar-refractivity contribution is 7.90. The Morgan fingerprint density at radius 1 is 1.15 bits per heavy atom. The standard InChI is InChI=1S/C17H27Cl2N3O3S/c1-17(2,3)26(24,25)22-13-7-4-11(5-8-13)16(23)21-20-15-9-6-12(18)10-14(15)19/h6,9-11,13,16,20-23H,4-5,7-8H2,1-3H3/t11-,13-,16?. The maximum atomic E-state index is 12.2. The minimum atomic E-state index is -3.36. The van der Waals surface area contributed by atoms with Gasteiger partial charge in [0.25, 0.3) is 0 Å². The van der Waals surface area contributed by atoms with E-state index in [2.05, 4.69) is 15.6 Å². The molecule has 6 nitrogen and oxygen atoms in total. The fourth-order valence-corrected chi connectivity index (χ4v) is 4.29. The van der Waals surface area contributed by atoms with E-state index in [1.54, 1.807) is 39.0 Å². The fourth-order valence-electron chi connectivity index (χ4n) is 2.81. The van der Waals surface area contributed by atoms with Gasteiger partial charge in [0.1, 0.15) is 6.23 Å². The van der Waals surface area contributed by atoms with E-state index in [-0.39, 0.29) is 12.0 Å². The van der Waals surface area contributed by atoms with E-state index in [4.69, 9.17) is 23.2 Å². The SMILES string of the molecule is CC(C)(C)S(=O)(=O)N[C@H]1CC[C@H](C(O)NNc2ccc(Cl)cc2Cl)CC1. The molecule has 1 aliphatic rings. The van der Waals surface area contributed by atoms with E-state index in [0.717, 1.165) is 12.8 Å². The quantitative estimate of drug-likeness (QED) is 0.415. The maximum Gasteiger partial charge on any atom is 0.216 e. The largest absolute Gasteiger partial charge is 0.377 e. The first kappa shape index (κ1) is 21.7. The first-order valence-corrected chi connectivity index (χ1v) is 10.9. The molecule has 1 fully saturated rings. The van der Waals surface area contributed by atoms with Crippen LogP contribution in [0.25, 0.3) is 0 Å². The van der Waals surface area contributed by atoms with Crippen LogP contribution in [-0.2, 0) is 10.0 Å². The normalized spacial score (nSPS) is 22.8. The van der Waals surface area contributed by atoms with Crippen LogP contribution in [0.5, 0.6) is 0 Å². The van der Waals surface area contributed by atoms with Gasteiger partial charge in [-0.3, -0.25) is 0 Å². The summed E-state index contributed by atoms with van der Waals surface area (Å²) in [4.78, 5) is 0. The second kappa shape index (κ2) is 8.63. The zero-order chi connectivity index (χ0) is 19.5. The lowest BCUT2D eigenvalue weighted by molar-refractivity contribution is 0.0580. The van der Waals surface area contributed by atoms with Gasteiger partial charge in [0.05, 0.1) is 15.5 Å². The van der Waals surface area contributed by atoms with Crippen molar-refractivity contribution in [1.82, 2.24) is 10.1 Å². The molecule has 4 N–H and O–H groups in total. The average Bonchev–Trinajstić information content (AvgIpc) is 2.53. The molecule has 0 bridgehead atoms. The van der Waals surface area contributed by atoms with Gasteiger partial charge in [-0.15, -0.1) is 0 Å². The molecular weight excluding hydrogens is 397 g/mol. The number of sulfonamides is 1. The molecule has 0 saturated heterocycles. The van der Waals surface area contributed by atoms with Gasteiger partial charge in [0.2, 0.25) is 10.0 Å². The van der Waals surface area contributed by atoms with Crippen LogP contribution in [0, 0.1) is 5.92 Å². The lowest BCUT2D eigenvalue weighted by atomic mass is 9.85. The molecule has 0 spiro atoms. The number of hydrazine groups is 1. The molecule has 0 amide bonds. The molecule has 9 heteroatoms. The highest BCUT2D eigenvalue weighted by atomic mass is 35.5. The van der Waals surface area contributed by atoms with Crippen LogP contribution in [0.15, 0.2) is 18.2 Å². The van der Waals surface area contributed by atoms with Crippen LogP contribution >= 0.6 is 23.2 Å². The molecule has 1 saturated carbocycles. The van der Waals surface area contributed by atoms with Crippen molar-refractivity contribution < 1.29 is 13.5 Å². The number of hydrogen-bond acceptors (Lipinski definition) is 5. The highest BCUT2D eigenvalue weighted by Crippen LogP contribution is 2.29. The molecular formula is C17H27Cl2N3O3S. The molecule has 26 heavy (non-hydrogen) atoms. The smallest absolute Gasteiger partial charge is 0.216 e. The Hall–Kier alpha value is -0.570. The molecule has 1 unspecified atom stereocenters. The van der Waals surface area contributed by atoms with Gasteiger partial charge in [-0.1, -0.05) is 23.2 Å². The Labute approximate surface area is 165 Å². The van der Waals surface area contributed by atoms with Crippen molar-refractivity contribution in [3.63, 3.8) is 0 Å². The molecule has 1 aromatic carbocycles. The third-order valence-corrected chi connectivity index (χ3v) is 7.44. The van der Waals surface area contributed by atoms with Gasteiger partial charge in [-0.2, -0.15) is 0 Å². The summed E-state index contributed by atoms with van der Waals surface area (Å²) < 4.78 is 26.5. The zero-order valence-corrected chi connectivity index (χ0v) is 17.5. The summed E-state index contributed by atoms with van der Waals surface area (Å²) in [7, 11) is -3.36. The number of halogens is 2. The van der Waals surface area contributed by atoms with E-state index in [0.29, 0.717) is 28.6 Å². The summed E-state index contributed by atoms with van der Waals surface area (Å²) in [6.07, 6.45) is 2.08. The number of aliphatic hydroxyl groups excluding tert-OH is 1. The molecule has 0 aromatic heterocycles. The Morgan fingerprint density at radius 3 is 2.31 bits per heavy atom. The van der Waals surface area contributed by atoms with Crippen LogP contribution in [0.4, 0.5) is 5.69 Å². The van der Waals surface area contributed by atoms with Crippen LogP contribution in [0.2, 0.25) is 10.0 Å². The highest BCUT2D eigenvalue weighted by Gasteiger charge is 2.34. The van der Waals surface area contributed by atoms with E-state index in [1.165, 1.54) is 0 Å². The average molecular weight is 424 g/mol. The van der Waals surface area contributed by atoms with Crippen LogP contribution in [-0.4, -0.2) is 30.5 Å². The van der Waals surface area contributed by atoms with Crippen LogP contribution in [0.3, 0.4) is 0 Å². The summed E-state index contributed by atoms with van der Waals surface area (Å²) in [5.41, 5.74) is 6.39. The third-order valence-electron chi connectivity index (χ3n) is 4.63. The van der Waals surface area contributed by atoms with Crippen molar-refractivity contribution in [2.75, 3.05) is 5.43 Å². The molecule has 0 aliphatic heterocycles. The van der Waals surface area contributed by atoms with Gasteiger partial charge in [0, 0.05) is 11.1 Å². The number of hydrogen-bond donors (Lipinski definition) is 4. The van der Waals surface area contributed by atoms with Gasteiger partial charge in [-0.25, -0.2) is 18.6 Å². The maximum absolute atomic E-state index is 12.2. The summed E-state index contributed by atoms with van der Waals surface area (Å²) in [5.74, 6) is 0.0315. The first-order valence-electron chi connectivity index (χ1n) is 8.66. The second-order valence-corrected chi connectivity index (χ2v) is 11.0. The summed E-state index contributed by atoms with van der Waals surface area (Å²) >= 11 is 11.9. The Balaban J connectivity index is 1.82. The van der Waals surface area contributed by atoms with Crippen LogP contribution in [0.1, 0.15) is 46.5 Å². The number of anilines is 1. The van der Waals surface area contributed by atoms with Gasteiger partial charge in [-0.05, 0) is 70.6 Å². The monoisotopic (exact) mass is 423 g/mol. The van der Waals surface area contributed by atoms with Gasteiger partial charge in [0.15, 0.2) is 0 Å². The van der Waals surface area contributed by atoms with Crippen molar-refractivity contribution in [1.29, 1.82) is 0 Å². The first-order chi connectivity index (χ1) is 12.0. The molecule has 0 radical (unpaired) electrons.